The second-order valence-electron chi connectivity index (χ2n) is 4.31. The molecule has 102 valence electrons. The number of rotatable bonds is 3. The first-order chi connectivity index (χ1) is 8.99. The number of nitrogens with one attached hydrogen (secondary N) is 2. The van der Waals surface area contributed by atoms with Crippen LogP contribution in [0.4, 0.5) is 10.1 Å². The summed E-state index contributed by atoms with van der Waals surface area (Å²) in [7, 11) is 0. The van der Waals surface area contributed by atoms with Crippen LogP contribution in [-0.2, 0) is 4.79 Å². The molecule has 2 unspecified atom stereocenters. The Morgan fingerprint density at radius 3 is 2.74 bits per heavy atom. The number of carboxylic acids is 1. The normalized spacial score (nSPS) is 22.2. The van der Waals surface area contributed by atoms with E-state index in [1.165, 1.54) is 12.1 Å². The number of halogens is 1. The van der Waals surface area contributed by atoms with Crippen LogP contribution >= 0.6 is 0 Å². The lowest BCUT2D eigenvalue weighted by atomic mass is 10.1. The highest BCUT2D eigenvalue weighted by molar-refractivity contribution is 6.02. The van der Waals surface area contributed by atoms with Crippen molar-refractivity contribution >= 4 is 17.6 Å². The third-order valence-electron chi connectivity index (χ3n) is 2.92. The van der Waals surface area contributed by atoms with E-state index in [1.807, 2.05) is 0 Å². The SMILES string of the molecule is O=C(O)c1cccc(F)c1NC(=O)C1CC(O)CN1. The first-order valence-electron chi connectivity index (χ1n) is 5.73. The van der Waals surface area contributed by atoms with Crippen LogP contribution in [0.25, 0.3) is 0 Å². The molecule has 0 spiro atoms. The molecule has 1 aliphatic rings. The number of para-hydroxylation sites is 1. The fourth-order valence-corrected chi connectivity index (χ4v) is 1.96. The second kappa shape index (κ2) is 5.33. The summed E-state index contributed by atoms with van der Waals surface area (Å²) in [6, 6.07) is 2.87. The molecule has 1 aromatic rings. The molecule has 2 rings (SSSR count). The van der Waals surface area contributed by atoms with Crippen molar-refractivity contribution in [1.82, 2.24) is 5.32 Å². The summed E-state index contributed by atoms with van der Waals surface area (Å²) in [5, 5.41) is 23.3. The predicted molar refractivity (Wildman–Crippen MR) is 64.4 cm³/mol. The minimum atomic E-state index is -1.32. The standard InChI is InChI=1S/C12H13FN2O4/c13-8-3-1-2-7(12(18)19)10(8)15-11(17)9-4-6(16)5-14-9/h1-3,6,9,14,16H,4-5H2,(H,15,17)(H,18,19). The molecule has 1 fully saturated rings. The van der Waals surface area contributed by atoms with Crippen LogP contribution in [-0.4, -0.2) is 40.8 Å². The minimum Gasteiger partial charge on any atom is -0.478 e. The van der Waals surface area contributed by atoms with Crippen molar-refractivity contribution in [3.63, 3.8) is 0 Å². The number of amides is 1. The Morgan fingerprint density at radius 1 is 1.42 bits per heavy atom. The molecule has 1 aromatic carbocycles. The van der Waals surface area contributed by atoms with Crippen LogP contribution < -0.4 is 10.6 Å². The van der Waals surface area contributed by atoms with Crippen molar-refractivity contribution in [2.75, 3.05) is 11.9 Å². The molecule has 1 heterocycles. The Morgan fingerprint density at radius 2 is 2.16 bits per heavy atom. The van der Waals surface area contributed by atoms with Crippen molar-refractivity contribution in [3.05, 3.63) is 29.6 Å². The lowest BCUT2D eigenvalue weighted by molar-refractivity contribution is -0.118. The molecule has 1 saturated heterocycles. The van der Waals surface area contributed by atoms with E-state index >= 15 is 0 Å². The zero-order valence-electron chi connectivity index (χ0n) is 9.89. The zero-order valence-corrected chi connectivity index (χ0v) is 9.89. The molecule has 0 aliphatic carbocycles. The topological polar surface area (TPSA) is 98.7 Å². The third-order valence-corrected chi connectivity index (χ3v) is 2.92. The third kappa shape index (κ3) is 2.88. The number of β-amino-alcohol motifs (C(OH)–C–C–N with tert-alkyl or cyclic N) is 1. The summed E-state index contributed by atoms with van der Waals surface area (Å²) in [6.45, 7) is 0.279. The van der Waals surface area contributed by atoms with Gasteiger partial charge in [-0.05, 0) is 18.6 Å². The first-order valence-corrected chi connectivity index (χ1v) is 5.73. The van der Waals surface area contributed by atoms with Crippen molar-refractivity contribution in [1.29, 1.82) is 0 Å². The van der Waals surface area contributed by atoms with Crippen LogP contribution in [0.15, 0.2) is 18.2 Å². The smallest absolute Gasteiger partial charge is 0.337 e. The number of aromatic carboxylic acids is 1. The summed E-state index contributed by atoms with van der Waals surface area (Å²) in [4.78, 5) is 22.8. The van der Waals surface area contributed by atoms with Gasteiger partial charge in [0.1, 0.15) is 5.82 Å². The van der Waals surface area contributed by atoms with Crippen LogP contribution in [0, 0.1) is 5.82 Å². The summed E-state index contributed by atoms with van der Waals surface area (Å²) >= 11 is 0. The van der Waals surface area contributed by atoms with Gasteiger partial charge in [-0.2, -0.15) is 0 Å². The van der Waals surface area contributed by atoms with Gasteiger partial charge >= 0.3 is 5.97 Å². The highest BCUT2D eigenvalue weighted by Crippen LogP contribution is 2.21. The number of anilines is 1. The molecule has 0 aromatic heterocycles. The van der Waals surface area contributed by atoms with E-state index in [0.29, 0.717) is 0 Å². The van der Waals surface area contributed by atoms with Crippen LogP contribution in [0.3, 0.4) is 0 Å². The predicted octanol–water partition coefficient (Wildman–Crippen LogP) is 0.185. The van der Waals surface area contributed by atoms with Gasteiger partial charge in [-0.25, -0.2) is 9.18 Å². The lowest BCUT2D eigenvalue weighted by Crippen LogP contribution is -2.36. The average molecular weight is 268 g/mol. The maximum Gasteiger partial charge on any atom is 0.337 e. The molecule has 0 saturated carbocycles. The van der Waals surface area contributed by atoms with Crippen LogP contribution in [0.5, 0.6) is 0 Å². The summed E-state index contributed by atoms with van der Waals surface area (Å²) < 4.78 is 13.6. The number of aliphatic hydroxyl groups is 1. The van der Waals surface area contributed by atoms with Gasteiger partial charge in [-0.15, -0.1) is 0 Å². The summed E-state index contributed by atoms with van der Waals surface area (Å²) in [5.41, 5.74) is -0.671. The van der Waals surface area contributed by atoms with E-state index in [-0.39, 0.29) is 24.2 Å². The lowest BCUT2D eigenvalue weighted by Gasteiger charge is -2.13. The van der Waals surface area contributed by atoms with E-state index in [4.69, 9.17) is 5.11 Å². The molecular weight excluding hydrogens is 255 g/mol. The molecule has 0 radical (unpaired) electrons. The maximum absolute atomic E-state index is 13.6. The largest absolute Gasteiger partial charge is 0.478 e. The Bertz CT molecular complexity index is 520. The number of hydrogen-bond donors (Lipinski definition) is 4. The second-order valence-corrected chi connectivity index (χ2v) is 4.31. The van der Waals surface area contributed by atoms with Gasteiger partial charge in [0.25, 0.3) is 0 Å². The van der Waals surface area contributed by atoms with E-state index in [0.717, 1.165) is 6.07 Å². The first kappa shape index (κ1) is 13.4. The van der Waals surface area contributed by atoms with Crippen LogP contribution in [0.1, 0.15) is 16.8 Å². The maximum atomic E-state index is 13.6. The molecule has 0 bridgehead atoms. The van der Waals surface area contributed by atoms with Crippen molar-refractivity contribution in [2.24, 2.45) is 0 Å². The Kier molecular flexibility index (Phi) is 3.77. The molecule has 1 aliphatic heterocycles. The van der Waals surface area contributed by atoms with Gasteiger partial charge in [-0.3, -0.25) is 4.79 Å². The van der Waals surface area contributed by atoms with E-state index in [9.17, 15) is 19.1 Å². The number of aliphatic hydroxyl groups excluding tert-OH is 1. The van der Waals surface area contributed by atoms with Gasteiger partial charge in [0.15, 0.2) is 0 Å². The van der Waals surface area contributed by atoms with Gasteiger partial charge in [0.05, 0.1) is 23.4 Å². The number of benzene rings is 1. The quantitative estimate of drug-likeness (QED) is 0.627. The minimum absolute atomic E-state index is 0.211. The summed E-state index contributed by atoms with van der Waals surface area (Å²) in [6.07, 6.45) is -0.418. The van der Waals surface area contributed by atoms with Crippen molar-refractivity contribution < 1.29 is 24.2 Å². The van der Waals surface area contributed by atoms with E-state index in [2.05, 4.69) is 10.6 Å². The average Bonchev–Trinajstić information content (AvgIpc) is 2.78. The molecule has 19 heavy (non-hydrogen) atoms. The monoisotopic (exact) mass is 268 g/mol. The molecule has 2 atom stereocenters. The van der Waals surface area contributed by atoms with Gasteiger partial charge in [-0.1, -0.05) is 6.07 Å². The van der Waals surface area contributed by atoms with E-state index < -0.39 is 29.8 Å². The molecular formula is C12H13FN2O4. The van der Waals surface area contributed by atoms with Crippen molar-refractivity contribution in [3.8, 4) is 0 Å². The number of hydrogen-bond acceptors (Lipinski definition) is 4. The van der Waals surface area contributed by atoms with Gasteiger partial charge in [0.2, 0.25) is 5.91 Å². The Balaban J connectivity index is 2.19. The number of carboxylic acid groups (broad SMARTS) is 1. The van der Waals surface area contributed by atoms with Gasteiger partial charge < -0.3 is 20.8 Å². The zero-order chi connectivity index (χ0) is 14.0. The van der Waals surface area contributed by atoms with Crippen molar-refractivity contribution in [2.45, 2.75) is 18.6 Å². The Labute approximate surface area is 108 Å². The van der Waals surface area contributed by atoms with Gasteiger partial charge in [0, 0.05) is 6.54 Å². The van der Waals surface area contributed by atoms with Crippen LogP contribution in [0.2, 0.25) is 0 Å². The number of carbonyl (C=O) groups excluding carboxylic acids is 1. The molecule has 7 heteroatoms. The highest BCUT2D eigenvalue weighted by atomic mass is 19.1. The highest BCUT2D eigenvalue weighted by Gasteiger charge is 2.29. The molecule has 6 nitrogen and oxygen atoms in total. The van der Waals surface area contributed by atoms with E-state index in [1.54, 1.807) is 0 Å². The number of carbonyl (C=O) groups is 2. The Hall–Kier alpha value is -1.99. The molecule has 1 amide bonds. The fraction of sp³-hybridized carbons (Fsp3) is 0.333. The fourth-order valence-electron chi connectivity index (χ4n) is 1.96. The molecule has 4 N–H and O–H groups in total. The summed E-state index contributed by atoms with van der Waals surface area (Å²) in [5.74, 6) is -2.70.